The Balaban J connectivity index is 1.91. The summed E-state index contributed by atoms with van der Waals surface area (Å²) in [7, 11) is 0. The highest BCUT2D eigenvalue weighted by Gasteiger charge is 2.19. The number of hydrogen-bond donors (Lipinski definition) is 2. The van der Waals surface area contributed by atoms with Crippen molar-refractivity contribution in [3.63, 3.8) is 0 Å². The van der Waals surface area contributed by atoms with Crippen molar-refractivity contribution in [2.24, 2.45) is 5.73 Å². The maximum Gasteiger partial charge on any atom is 0.255 e. The van der Waals surface area contributed by atoms with Crippen molar-refractivity contribution in [2.45, 2.75) is 6.04 Å². The second-order valence-electron chi connectivity index (χ2n) is 3.96. The van der Waals surface area contributed by atoms with E-state index >= 15 is 0 Å². The quantitative estimate of drug-likeness (QED) is 0.777. The Bertz CT molecular complexity index is 363. The lowest BCUT2D eigenvalue weighted by Gasteiger charge is -2.28. The van der Waals surface area contributed by atoms with Crippen LogP contribution in [0.3, 0.4) is 0 Å². The number of benzene rings is 1. The Morgan fingerprint density at radius 3 is 2.59 bits per heavy atom. The highest BCUT2D eigenvalue weighted by molar-refractivity contribution is 5.82. The molecule has 17 heavy (non-hydrogen) atoms. The van der Waals surface area contributed by atoms with Crippen LogP contribution < -0.4 is 11.2 Å². The van der Waals surface area contributed by atoms with Crippen molar-refractivity contribution >= 4 is 5.91 Å². The molecule has 0 radical (unpaired) electrons. The summed E-state index contributed by atoms with van der Waals surface area (Å²) in [5.41, 5.74) is 9.51. The van der Waals surface area contributed by atoms with Gasteiger partial charge in [-0.05, 0) is 5.56 Å². The van der Waals surface area contributed by atoms with Gasteiger partial charge in [0.1, 0.15) is 6.04 Å². The third kappa shape index (κ3) is 3.26. The molecule has 1 aromatic rings. The first-order valence-electron chi connectivity index (χ1n) is 5.71. The molecule has 92 valence electrons. The van der Waals surface area contributed by atoms with Gasteiger partial charge in [0.25, 0.3) is 5.91 Å². The van der Waals surface area contributed by atoms with Crippen molar-refractivity contribution < 1.29 is 9.53 Å². The molecule has 0 unspecified atom stereocenters. The predicted octanol–water partition coefficient (Wildman–Crippen LogP) is 0.0498. The van der Waals surface area contributed by atoms with Crippen LogP contribution in [0, 0.1) is 0 Å². The van der Waals surface area contributed by atoms with Crippen LogP contribution in [0.25, 0.3) is 0 Å². The van der Waals surface area contributed by atoms with Crippen molar-refractivity contribution in [2.75, 3.05) is 26.3 Å². The van der Waals surface area contributed by atoms with Crippen molar-refractivity contribution in [3.05, 3.63) is 35.9 Å². The van der Waals surface area contributed by atoms with E-state index in [-0.39, 0.29) is 5.91 Å². The number of rotatable bonds is 3. The van der Waals surface area contributed by atoms with Crippen LogP contribution >= 0.6 is 0 Å². The summed E-state index contributed by atoms with van der Waals surface area (Å²) in [6.07, 6.45) is 0. The topological polar surface area (TPSA) is 67.6 Å². The van der Waals surface area contributed by atoms with Gasteiger partial charge >= 0.3 is 0 Å². The molecule has 1 aliphatic heterocycles. The van der Waals surface area contributed by atoms with Crippen LogP contribution in [0.4, 0.5) is 0 Å². The first-order valence-corrected chi connectivity index (χ1v) is 5.71. The van der Waals surface area contributed by atoms with Crippen molar-refractivity contribution in [3.8, 4) is 0 Å². The average Bonchev–Trinajstić information content (AvgIpc) is 2.40. The maximum absolute atomic E-state index is 11.9. The normalized spacial score (nSPS) is 18.6. The largest absolute Gasteiger partial charge is 0.379 e. The SMILES string of the molecule is N[C@H](C(=O)NN1CCOCC1)c1ccccc1. The lowest BCUT2D eigenvalue weighted by atomic mass is 10.1. The van der Waals surface area contributed by atoms with Crippen LogP contribution in [-0.2, 0) is 9.53 Å². The van der Waals surface area contributed by atoms with E-state index in [2.05, 4.69) is 5.43 Å². The van der Waals surface area contributed by atoms with Gasteiger partial charge in [-0.25, -0.2) is 5.01 Å². The third-order valence-electron chi connectivity index (χ3n) is 2.72. The van der Waals surface area contributed by atoms with Crippen LogP contribution in [0.15, 0.2) is 30.3 Å². The van der Waals surface area contributed by atoms with E-state index in [9.17, 15) is 4.79 Å². The van der Waals surface area contributed by atoms with Gasteiger partial charge in [0.2, 0.25) is 0 Å². The molecule has 1 fully saturated rings. The van der Waals surface area contributed by atoms with Crippen molar-refractivity contribution in [1.82, 2.24) is 10.4 Å². The Hall–Kier alpha value is -1.43. The van der Waals surface area contributed by atoms with E-state index in [4.69, 9.17) is 10.5 Å². The summed E-state index contributed by atoms with van der Waals surface area (Å²) in [6.45, 7) is 2.68. The lowest BCUT2D eigenvalue weighted by Crippen LogP contribution is -2.50. The molecule has 1 aromatic carbocycles. The standard InChI is InChI=1S/C12H17N3O2/c13-11(10-4-2-1-3-5-10)12(16)14-15-6-8-17-9-7-15/h1-5,11H,6-9,13H2,(H,14,16)/t11-/m0/s1. The van der Waals surface area contributed by atoms with Gasteiger partial charge in [0.05, 0.1) is 13.2 Å². The number of ether oxygens (including phenoxy) is 1. The molecule has 0 aromatic heterocycles. The average molecular weight is 235 g/mol. The van der Waals surface area contributed by atoms with Gasteiger partial charge in [-0.2, -0.15) is 0 Å². The summed E-state index contributed by atoms with van der Waals surface area (Å²) in [6, 6.07) is 8.72. The molecule has 1 heterocycles. The summed E-state index contributed by atoms with van der Waals surface area (Å²) in [5.74, 6) is -0.182. The first-order chi connectivity index (χ1) is 8.27. The van der Waals surface area contributed by atoms with Gasteiger partial charge < -0.3 is 10.5 Å². The van der Waals surface area contributed by atoms with E-state index in [1.54, 1.807) is 0 Å². The number of hydrogen-bond acceptors (Lipinski definition) is 4. The number of nitrogens with two attached hydrogens (primary N) is 1. The van der Waals surface area contributed by atoms with E-state index < -0.39 is 6.04 Å². The Morgan fingerprint density at radius 1 is 1.29 bits per heavy atom. The molecule has 5 heteroatoms. The van der Waals surface area contributed by atoms with E-state index in [1.165, 1.54) is 0 Å². The number of nitrogens with one attached hydrogen (secondary N) is 1. The van der Waals surface area contributed by atoms with Gasteiger partial charge in [-0.3, -0.25) is 10.2 Å². The fourth-order valence-corrected chi connectivity index (χ4v) is 1.71. The molecule has 3 N–H and O–H groups in total. The second kappa shape index (κ2) is 5.77. The summed E-state index contributed by atoms with van der Waals surface area (Å²) < 4.78 is 5.20. The molecular weight excluding hydrogens is 218 g/mol. The van der Waals surface area contributed by atoms with Gasteiger partial charge in [-0.15, -0.1) is 0 Å². The molecule has 0 saturated carbocycles. The van der Waals surface area contributed by atoms with Crippen LogP contribution in [0.1, 0.15) is 11.6 Å². The maximum atomic E-state index is 11.9. The molecule has 0 spiro atoms. The minimum atomic E-state index is -0.626. The fourth-order valence-electron chi connectivity index (χ4n) is 1.71. The van der Waals surface area contributed by atoms with E-state index in [0.717, 1.165) is 5.56 Å². The zero-order valence-corrected chi connectivity index (χ0v) is 9.63. The number of carbonyl (C=O) groups is 1. The summed E-state index contributed by atoms with van der Waals surface area (Å²) >= 11 is 0. The summed E-state index contributed by atoms with van der Waals surface area (Å²) in [4.78, 5) is 11.9. The molecule has 1 saturated heterocycles. The smallest absolute Gasteiger partial charge is 0.255 e. The van der Waals surface area contributed by atoms with Gasteiger partial charge in [0.15, 0.2) is 0 Å². The molecule has 1 amide bonds. The highest BCUT2D eigenvalue weighted by Crippen LogP contribution is 2.09. The Labute approximate surface area is 101 Å². The van der Waals surface area contributed by atoms with Crippen LogP contribution in [0.2, 0.25) is 0 Å². The van der Waals surface area contributed by atoms with Crippen molar-refractivity contribution in [1.29, 1.82) is 0 Å². The minimum Gasteiger partial charge on any atom is -0.379 e. The molecule has 2 rings (SSSR count). The number of amides is 1. The predicted molar refractivity (Wildman–Crippen MR) is 63.9 cm³/mol. The fraction of sp³-hybridized carbons (Fsp3) is 0.417. The molecular formula is C12H17N3O2. The van der Waals surface area contributed by atoms with Crippen LogP contribution in [-0.4, -0.2) is 37.2 Å². The van der Waals surface area contributed by atoms with Gasteiger partial charge in [0, 0.05) is 13.1 Å². The molecule has 1 aliphatic rings. The lowest BCUT2D eigenvalue weighted by molar-refractivity contribution is -0.129. The highest BCUT2D eigenvalue weighted by atomic mass is 16.5. The second-order valence-corrected chi connectivity index (χ2v) is 3.96. The van der Waals surface area contributed by atoms with Crippen LogP contribution in [0.5, 0.6) is 0 Å². The molecule has 0 aliphatic carbocycles. The molecule has 1 atom stereocenters. The minimum absolute atomic E-state index is 0.182. The zero-order valence-electron chi connectivity index (χ0n) is 9.63. The zero-order chi connectivity index (χ0) is 12.1. The number of nitrogens with zero attached hydrogens (tertiary/aromatic N) is 1. The monoisotopic (exact) mass is 235 g/mol. The molecule has 0 bridgehead atoms. The Kier molecular flexibility index (Phi) is 4.08. The number of morpholine rings is 1. The number of hydrazine groups is 1. The van der Waals surface area contributed by atoms with E-state index in [0.29, 0.717) is 26.3 Å². The number of carbonyl (C=O) groups excluding carboxylic acids is 1. The molecule has 5 nitrogen and oxygen atoms in total. The third-order valence-corrected chi connectivity index (χ3v) is 2.72. The Morgan fingerprint density at radius 2 is 1.94 bits per heavy atom. The van der Waals surface area contributed by atoms with Gasteiger partial charge in [-0.1, -0.05) is 30.3 Å². The first kappa shape index (κ1) is 12.0. The van der Waals surface area contributed by atoms with E-state index in [1.807, 2.05) is 35.3 Å². The summed E-state index contributed by atoms with van der Waals surface area (Å²) in [5, 5.41) is 1.84.